The summed E-state index contributed by atoms with van der Waals surface area (Å²) < 4.78 is 0. The summed E-state index contributed by atoms with van der Waals surface area (Å²) in [6.07, 6.45) is 2.46. The number of amides is 3. The van der Waals surface area contributed by atoms with Gasteiger partial charge in [-0.1, -0.05) is 0 Å². The van der Waals surface area contributed by atoms with E-state index < -0.39 is 6.03 Å². The lowest BCUT2D eigenvalue weighted by atomic mass is 9.94. The standard InChI is InChI=1S/C11H20N4O2/c1-12-11(17)14-10(16)7-15-5-8-3-2-4-13-9(8)6-15/h8-9,13H,2-7H2,1H3,(H2,12,14,16,17)/t8-,9+/m0/s1. The molecular formula is C11H20N4O2. The highest BCUT2D eigenvalue weighted by Crippen LogP contribution is 2.24. The van der Waals surface area contributed by atoms with Gasteiger partial charge in [0.25, 0.3) is 0 Å². The first-order chi connectivity index (χ1) is 8.19. The Kier molecular flexibility index (Phi) is 3.96. The van der Waals surface area contributed by atoms with Gasteiger partial charge in [0.2, 0.25) is 5.91 Å². The molecule has 2 aliphatic rings. The second kappa shape index (κ2) is 5.46. The Bertz CT molecular complexity index is 294. The maximum Gasteiger partial charge on any atom is 0.321 e. The Morgan fingerprint density at radius 3 is 2.94 bits per heavy atom. The molecule has 96 valence electrons. The lowest BCUT2D eigenvalue weighted by molar-refractivity contribution is -0.120. The number of rotatable bonds is 2. The first-order valence-corrected chi connectivity index (χ1v) is 6.16. The summed E-state index contributed by atoms with van der Waals surface area (Å²) in [5, 5.41) is 8.14. The first-order valence-electron chi connectivity index (χ1n) is 6.16. The van der Waals surface area contributed by atoms with Crippen molar-refractivity contribution in [3.8, 4) is 0 Å². The molecule has 0 aromatic carbocycles. The van der Waals surface area contributed by atoms with Crippen LogP contribution in [0.2, 0.25) is 0 Å². The minimum Gasteiger partial charge on any atom is -0.341 e. The lowest BCUT2D eigenvalue weighted by Gasteiger charge is -2.24. The molecule has 6 heteroatoms. The van der Waals surface area contributed by atoms with E-state index in [4.69, 9.17) is 0 Å². The molecule has 3 N–H and O–H groups in total. The van der Waals surface area contributed by atoms with Crippen molar-refractivity contribution in [1.29, 1.82) is 0 Å². The number of hydrogen-bond acceptors (Lipinski definition) is 4. The zero-order chi connectivity index (χ0) is 12.3. The van der Waals surface area contributed by atoms with E-state index in [-0.39, 0.29) is 5.91 Å². The van der Waals surface area contributed by atoms with Crippen LogP contribution in [0.15, 0.2) is 0 Å². The summed E-state index contributed by atoms with van der Waals surface area (Å²) in [6, 6.07) is 0.0845. The third-order valence-corrected chi connectivity index (χ3v) is 3.52. The highest BCUT2D eigenvalue weighted by atomic mass is 16.2. The number of piperidine rings is 1. The van der Waals surface area contributed by atoms with Crippen LogP contribution < -0.4 is 16.0 Å². The van der Waals surface area contributed by atoms with Gasteiger partial charge in [-0.2, -0.15) is 0 Å². The van der Waals surface area contributed by atoms with Gasteiger partial charge in [0.15, 0.2) is 0 Å². The van der Waals surface area contributed by atoms with Crippen molar-refractivity contribution in [1.82, 2.24) is 20.9 Å². The highest BCUT2D eigenvalue weighted by molar-refractivity contribution is 5.95. The Balaban J connectivity index is 1.77. The van der Waals surface area contributed by atoms with E-state index in [1.807, 2.05) is 0 Å². The molecule has 2 heterocycles. The van der Waals surface area contributed by atoms with Gasteiger partial charge in [0.05, 0.1) is 6.54 Å². The number of urea groups is 1. The van der Waals surface area contributed by atoms with Crippen LogP contribution in [0.25, 0.3) is 0 Å². The van der Waals surface area contributed by atoms with Crippen molar-refractivity contribution < 1.29 is 9.59 Å². The van der Waals surface area contributed by atoms with E-state index in [1.54, 1.807) is 0 Å². The molecule has 2 aliphatic heterocycles. The zero-order valence-electron chi connectivity index (χ0n) is 10.2. The molecule has 0 aromatic rings. The van der Waals surface area contributed by atoms with E-state index in [0.29, 0.717) is 18.5 Å². The van der Waals surface area contributed by atoms with Crippen molar-refractivity contribution in [2.75, 3.05) is 33.2 Å². The summed E-state index contributed by atoms with van der Waals surface area (Å²) in [7, 11) is 1.50. The van der Waals surface area contributed by atoms with E-state index in [9.17, 15) is 9.59 Å². The Labute approximate surface area is 101 Å². The topological polar surface area (TPSA) is 73.5 Å². The van der Waals surface area contributed by atoms with Crippen LogP contribution in [0.1, 0.15) is 12.8 Å². The molecule has 0 bridgehead atoms. The highest BCUT2D eigenvalue weighted by Gasteiger charge is 2.34. The number of nitrogens with zero attached hydrogens (tertiary/aromatic N) is 1. The number of carbonyl (C=O) groups excluding carboxylic acids is 2. The van der Waals surface area contributed by atoms with E-state index in [0.717, 1.165) is 19.6 Å². The average Bonchev–Trinajstić information content (AvgIpc) is 2.70. The summed E-state index contributed by atoms with van der Waals surface area (Å²) >= 11 is 0. The van der Waals surface area contributed by atoms with Gasteiger partial charge in [-0.25, -0.2) is 4.79 Å². The molecule has 0 aliphatic carbocycles. The van der Waals surface area contributed by atoms with E-state index in [1.165, 1.54) is 19.9 Å². The van der Waals surface area contributed by atoms with Gasteiger partial charge in [-0.15, -0.1) is 0 Å². The second-order valence-corrected chi connectivity index (χ2v) is 4.78. The third-order valence-electron chi connectivity index (χ3n) is 3.52. The smallest absolute Gasteiger partial charge is 0.321 e. The average molecular weight is 240 g/mol. The Hall–Kier alpha value is -1.14. The van der Waals surface area contributed by atoms with E-state index in [2.05, 4.69) is 20.9 Å². The molecule has 3 amide bonds. The first kappa shape index (κ1) is 12.3. The van der Waals surface area contributed by atoms with Crippen molar-refractivity contribution in [2.24, 2.45) is 5.92 Å². The normalized spacial score (nSPS) is 28.5. The van der Waals surface area contributed by atoms with Crippen LogP contribution in [-0.4, -0.2) is 56.1 Å². The maximum atomic E-state index is 11.5. The van der Waals surface area contributed by atoms with Gasteiger partial charge in [0.1, 0.15) is 0 Å². The molecular weight excluding hydrogens is 220 g/mol. The van der Waals surface area contributed by atoms with Crippen LogP contribution >= 0.6 is 0 Å². The van der Waals surface area contributed by atoms with Crippen LogP contribution in [0, 0.1) is 5.92 Å². The zero-order valence-corrected chi connectivity index (χ0v) is 10.2. The molecule has 2 saturated heterocycles. The number of likely N-dealkylation sites (tertiary alicyclic amines) is 1. The van der Waals surface area contributed by atoms with Crippen LogP contribution in [0.3, 0.4) is 0 Å². The molecule has 6 nitrogen and oxygen atoms in total. The molecule has 2 fully saturated rings. The SMILES string of the molecule is CNC(=O)NC(=O)CN1C[C@@H]2CCCN[C@@H]2C1. The molecule has 17 heavy (non-hydrogen) atoms. The van der Waals surface area contributed by atoms with Crippen LogP contribution in [-0.2, 0) is 4.79 Å². The predicted molar refractivity (Wildman–Crippen MR) is 63.6 cm³/mol. The Morgan fingerprint density at radius 1 is 1.41 bits per heavy atom. The summed E-state index contributed by atoms with van der Waals surface area (Å²) in [4.78, 5) is 24.6. The summed E-state index contributed by atoms with van der Waals surface area (Å²) in [6.45, 7) is 3.26. The number of fused-ring (bicyclic) bond motifs is 1. The van der Waals surface area contributed by atoms with Gasteiger partial charge < -0.3 is 10.6 Å². The summed E-state index contributed by atoms with van der Waals surface area (Å²) in [5.74, 6) is 0.430. The van der Waals surface area contributed by atoms with Crippen molar-refractivity contribution >= 4 is 11.9 Å². The molecule has 0 saturated carbocycles. The number of hydrogen-bond donors (Lipinski definition) is 3. The molecule has 0 aromatic heterocycles. The maximum absolute atomic E-state index is 11.5. The molecule has 0 unspecified atom stereocenters. The predicted octanol–water partition coefficient (Wildman–Crippen LogP) is -0.874. The molecule has 2 atom stereocenters. The molecule has 0 radical (unpaired) electrons. The number of nitrogens with one attached hydrogen (secondary N) is 3. The fourth-order valence-corrected chi connectivity index (χ4v) is 2.70. The minimum absolute atomic E-state index is 0.233. The molecule has 0 spiro atoms. The number of carbonyl (C=O) groups is 2. The number of imide groups is 1. The lowest BCUT2D eigenvalue weighted by Crippen LogP contribution is -2.44. The third kappa shape index (κ3) is 3.17. The fraction of sp³-hybridized carbons (Fsp3) is 0.818. The van der Waals surface area contributed by atoms with Crippen molar-refractivity contribution in [2.45, 2.75) is 18.9 Å². The monoisotopic (exact) mass is 240 g/mol. The van der Waals surface area contributed by atoms with Crippen molar-refractivity contribution in [3.05, 3.63) is 0 Å². The van der Waals surface area contributed by atoms with Crippen LogP contribution in [0.4, 0.5) is 4.79 Å². The fourth-order valence-electron chi connectivity index (χ4n) is 2.70. The van der Waals surface area contributed by atoms with Gasteiger partial charge in [0, 0.05) is 26.2 Å². The quantitative estimate of drug-likeness (QED) is 0.586. The van der Waals surface area contributed by atoms with Gasteiger partial charge in [-0.3, -0.25) is 15.0 Å². The van der Waals surface area contributed by atoms with Crippen molar-refractivity contribution in [3.63, 3.8) is 0 Å². The largest absolute Gasteiger partial charge is 0.341 e. The van der Waals surface area contributed by atoms with Gasteiger partial charge >= 0.3 is 6.03 Å². The minimum atomic E-state index is -0.440. The van der Waals surface area contributed by atoms with E-state index >= 15 is 0 Å². The second-order valence-electron chi connectivity index (χ2n) is 4.78. The summed E-state index contributed by atoms with van der Waals surface area (Å²) in [5.41, 5.74) is 0. The Morgan fingerprint density at radius 2 is 2.24 bits per heavy atom. The van der Waals surface area contributed by atoms with Gasteiger partial charge in [-0.05, 0) is 25.3 Å². The van der Waals surface area contributed by atoms with Crippen LogP contribution in [0.5, 0.6) is 0 Å². The molecule has 2 rings (SSSR count).